The molecule has 0 rings (SSSR count). The Balaban J connectivity index is 3.77. The van der Waals surface area contributed by atoms with E-state index in [1.807, 2.05) is 6.92 Å². The molecule has 13 heavy (non-hydrogen) atoms. The molecule has 1 N–H and O–H groups in total. The van der Waals surface area contributed by atoms with Crippen LogP contribution in [0.25, 0.3) is 0 Å². The molecule has 2 atom stereocenters. The predicted octanol–water partition coefficient (Wildman–Crippen LogP) is 2.37. The molecule has 0 aliphatic rings. The van der Waals surface area contributed by atoms with Gasteiger partial charge in [-0.05, 0) is 31.3 Å². The van der Waals surface area contributed by atoms with Crippen LogP contribution in [-0.4, -0.2) is 24.4 Å². The highest BCUT2D eigenvalue weighted by molar-refractivity contribution is 5.02. The van der Waals surface area contributed by atoms with Gasteiger partial charge >= 0.3 is 0 Å². The van der Waals surface area contributed by atoms with E-state index in [-0.39, 0.29) is 12.2 Å². The summed E-state index contributed by atoms with van der Waals surface area (Å²) in [4.78, 5) is 0. The molecule has 0 spiro atoms. The summed E-state index contributed by atoms with van der Waals surface area (Å²) in [6.07, 6.45) is 1.25. The monoisotopic (exact) mass is 186 g/mol. The van der Waals surface area contributed by atoms with Crippen LogP contribution in [0.3, 0.4) is 0 Å². The summed E-state index contributed by atoms with van der Waals surface area (Å²) >= 11 is 0. The van der Waals surface area contributed by atoms with Gasteiger partial charge in [0, 0.05) is 7.11 Å². The fraction of sp³-hybridized carbons (Fsp3) is 0.818. The van der Waals surface area contributed by atoms with Crippen molar-refractivity contribution < 1.29 is 9.84 Å². The molecule has 78 valence electrons. The van der Waals surface area contributed by atoms with Gasteiger partial charge in [-0.25, -0.2) is 0 Å². The van der Waals surface area contributed by atoms with Crippen molar-refractivity contribution in [3.8, 4) is 0 Å². The molecule has 0 heterocycles. The summed E-state index contributed by atoms with van der Waals surface area (Å²) in [7, 11) is 1.66. The third-order valence-electron chi connectivity index (χ3n) is 2.17. The number of aliphatic hydroxyl groups is 1. The third kappa shape index (κ3) is 5.83. The maximum absolute atomic E-state index is 9.62. The van der Waals surface area contributed by atoms with E-state index >= 15 is 0 Å². The van der Waals surface area contributed by atoms with Crippen LogP contribution < -0.4 is 0 Å². The summed E-state index contributed by atoms with van der Waals surface area (Å²) in [5.74, 6) is 0.528. The zero-order valence-corrected chi connectivity index (χ0v) is 9.21. The molecule has 0 aromatic carbocycles. The number of hydrogen-bond donors (Lipinski definition) is 1. The number of aliphatic hydroxyl groups excluding tert-OH is 1. The smallest absolute Gasteiger partial charge is 0.0751 e. The van der Waals surface area contributed by atoms with E-state index in [1.54, 1.807) is 7.11 Å². The SMILES string of the molecule is C=C(C[C@@H](O)CC(C)C)[C@H](C)OC. The van der Waals surface area contributed by atoms with Crippen molar-refractivity contribution in [1.82, 2.24) is 0 Å². The Morgan fingerprint density at radius 3 is 2.31 bits per heavy atom. The topological polar surface area (TPSA) is 29.5 Å². The molecule has 0 saturated carbocycles. The molecular weight excluding hydrogens is 164 g/mol. The van der Waals surface area contributed by atoms with E-state index in [1.165, 1.54) is 0 Å². The average molecular weight is 186 g/mol. The van der Waals surface area contributed by atoms with Crippen LogP contribution in [0.1, 0.15) is 33.6 Å². The molecule has 0 amide bonds. The number of methoxy groups -OCH3 is 1. The first-order valence-corrected chi connectivity index (χ1v) is 4.85. The minimum absolute atomic E-state index is 0.0433. The minimum Gasteiger partial charge on any atom is -0.393 e. The Hall–Kier alpha value is -0.340. The van der Waals surface area contributed by atoms with E-state index in [9.17, 15) is 5.11 Å². The summed E-state index contributed by atoms with van der Waals surface area (Å²) < 4.78 is 5.11. The van der Waals surface area contributed by atoms with E-state index in [0.717, 1.165) is 12.0 Å². The lowest BCUT2D eigenvalue weighted by molar-refractivity contribution is 0.115. The Labute approximate surface area is 81.6 Å². The van der Waals surface area contributed by atoms with Crippen LogP contribution in [0, 0.1) is 5.92 Å². The van der Waals surface area contributed by atoms with Gasteiger partial charge in [0.2, 0.25) is 0 Å². The lowest BCUT2D eigenvalue weighted by atomic mass is 9.98. The Morgan fingerprint density at radius 1 is 1.38 bits per heavy atom. The number of rotatable bonds is 6. The fourth-order valence-electron chi connectivity index (χ4n) is 1.26. The normalized spacial score (nSPS) is 15.8. The summed E-state index contributed by atoms with van der Waals surface area (Å²) in [5, 5.41) is 9.62. The highest BCUT2D eigenvalue weighted by Crippen LogP contribution is 2.15. The van der Waals surface area contributed by atoms with Gasteiger partial charge in [-0.3, -0.25) is 0 Å². The molecule has 0 radical (unpaired) electrons. The quantitative estimate of drug-likeness (QED) is 0.645. The van der Waals surface area contributed by atoms with Gasteiger partial charge in [0.05, 0.1) is 12.2 Å². The highest BCUT2D eigenvalue weighted by atomic mass is 16.5. The maximum atomic E-state index is 9.62. The van der Waals surface area contributed by atoms with Crippen molar-refractivity contribution in [3.63, 3.8) is 0 Å². The van der Waals surface area contributed by atoms with Crippen molar-refractivity contribution in [3.05, 3.63) is 12.2 Å². The summed E-state index contributed by atoms with van der Waals surface area (Å²) in [5.41, 5.74) is 0.968. The molecular formula is C11H22O2. The first kappa shape index (κ1) is 12.7. The highest BCUT2D eigenvalue weighted by Gasteiger charge is 2.12. The summed E-state index contributed by atoms with van der Waals surface area (Å²) in [6.45, 7) is 10.0. The van der Waals surface area contributed by atoms with Crippen LogP contribution in [-0.2, 0) is 4.74 Å². The summed E-state index contributed by atoms with van der Waals surface area (Å²) in [6, 6.07) is 0. The molecule has 2 nitrogen and oxygen atoms in total. The van der Waals surface area contributed by atoms with Crippen LogP contribution in [0.15, 0.2) is 12.2 Å². The van der Waals surface area contributed by atoms with E-state index in [0.29, 0.717) is 12.3 Å². The van der Waals surface area contributed by atoms with Gasteiger partial charge in [-0.2, -0.15) is 0 Å². The number of ether oxygens (including phenoxy) is 1. The van der Waals surface area contributed by atoms with Crippen LogP contribution >= 0.6 is 0 Å². The molecule has 2 heteroatoms. The Bertz CT molecular complexity index is 152. The van der Waals surface area contributed by atoms with Crippen LogP contribution in [0.5, 0.6) is 0 Å². The molecule has 0 aromatic rings. The zero-order chi connectivity index (χ0) is 10.4. The first-order valence-electron chi connectivity index (χ1n) is 4.85. The fourth-order valence-corrected chi connectivity index (χ4v) is 1.26. The molecule has 0 aliphatic heterocycles. The van der Waals surface area contributed by atoms with Crippen LogP contribution in [0.2, 0.25) is 0 Å². The molecule has 0 bridgehead atoms. The Kier molecular flexibility index (Phi) is 6.00. The van der Waals surface area contributed by atoms with Gasteiger partial charge in [-0.1, -0.05) is 20.4 Å². The largest absolute Gasteiger partial charge is 0.393 e. The van der Waals surface area contributed by atoms with Gasteiger partial charge < -0.3 is 9.84 Å². The molecule has 0 fully saturated rings. The second kappa shape index (κ2) is 6.17. The lowest BCUT2D eigenvalue weighted by Gasteiger charge is -2.18. The molecule has 0 aromatic heterocycles. The van der Waals surface area contributed by atoms with Crippen molar-refractivity contribution in [2.45, 2.75) is 45.8 Å². The predicted molar refractivity (Wildman–Crippen MR) is 55.7 cm³/mol. The van der Waals surface area contributed by atoms with Crippen molar-refractivity contribution in [2.24, 2.45) is 5.92 Å². The molecule has 0 saturated heterocycles. The van der Waals surface area contributed by atoms with Crippen molar-refractivity contribution >= 4 is 0 Å². The third-order valence-corrected chi connectivity index (χ3v) is 2.17. The standard InChI is InChI=1S/C11H22O2/c1-8(2)6-11(12)7-9(3)10(4)13-5/h8,10-12H,3,6-7H2,1-2,4-5H3/t10-,11-/m0/s1. The van der Waals surface area contributed by atoms with E-state index < -0.39 is 0 Å². The van der Waals surface area contributed by atoms with Crippen LogP contribution in [0.4, 0.5) is 0 Å². The number of hydrogen-bond acceptors (Lipinski definition) is 2. The molecule has 0 unspecified atom stereocenters. The van der Waals surface area contributed by atoms with E-state index in [2.05, 4.69) is 20.4 Å². The second-order valence-electron chi connectivity index (χ2n) is 4.02. The average Bonchev–Trinajstić information content (AvgIpc) is 2.01. The van der Waals surface area contributed by atoms with Crippen molar-refractivity contribution in [2.75, 3.05) is 7.11 Å². The Morgan fingerprint density at radius 2 is 1.92 bits per heavy atom. The minimum atomic E-state index is -0.273. The second-order valence-corrected chi connectivity index (χ2v) is 4.02. The van der Waals surface area contributed by atoms with E-state index in [4.69, 9.17) is 4.74 Å². The van der Waals surface area contributed by atoms with Gasteiger partial charge in [-0.15, -0.1) is 0 Å². The van der Waals surface area contributed by atoms with Gasteiger partial charge in [0.25, 0.3) is 0 Å². The van der Waals surface area contributed by atoms with Gasteiger partial charge in [0.1, 0.15) is 0 Å². The first-order chi connectivity index (χ1) is 5.97. The van der Waals surface area contributed by atoms with Crippen molar-refractivity contribution in [1.29, 1.82) is 0 Å². The zero-order valence-electron chi connectivity index (χ0n) is 9.21. The molecule has 0 aliphatic carbocycles. The lowest BCUT2D eigenvalue weighted by Crippen LogP contribution is -2.16. The van der Waals surface area contributed by atoms with Gasteiger partial charge in [0.15, 0.2) is 0 Å². The maximum Gasteiger partial charge on any atom is 0.0751 e.